The van der Waals surface area contributed by atoms with Crippen LogP contribution < -0.4 is 10.6 Å². The lowest BCUT2D eigenvalue weighted by atomic mass is 10.1. The van der Waals surface area contributed by atoms with Gasteiger partial charge in [0, 0.05) is 18.1 Å². The van der Waals surface area contributed by atoms with E-state index in [1.165, 1.54) is 22.5 Å². The molecule has 28 heavy (non-hydrogen) atoms. The van der Waals surface area contributed by atoms with Gasteiger partial charge in [-0.15, -0.1) is 11.3 Å². The first-order valence-electron chi connectivity index (χ1n) is 8.99. The van der Waals surface area contributed by atoms with Crippen LogP contribution in [0.25, 0.3) is 0 Å². The van der Waals surface area contributed by atoms with E-state index in [0.717, 1.165) is 11.5 Å². The standard InChI is InChI=1S/C22H22N2O2S2/c1-16-8-10-17(11-9-16)15-27-14-12-23-21(25)18-5-2-3-6-19(18)24-22(26)20-7-4-13-28-20/h2-11,13H,12,14-15H2,1H3,(H,23,25)(H,24,26). The maximum Gasteiger partial charge on any atom is 0.265 e. The van der Waals surface area contributed by atoms with Crippen molar-refractivity contribution in [3.63, 3.8) is 0 Å². The van der Waals surface area contributed by atoms with Crippen LogP contribution in [0.2, 0.25) is 0 Å². The van der Waals surface area contributed by atoms with Gasteiger partial charge in [-0.1, -0.05) is 48.0 Å². The van der Waals surface area contributed by atoms with Crippen molar-refractivity contribution in [3.05, 3.63) is 87.6 Å². The van der Waals surface area contributed by atoms with Crippen molar-refractivity contribution in [2.24, 2.45) is 0 Å². The van der Waals surface area contributed by atoms with Crippen LogP contribution in [-0.4, -0.2) is 24.1 Å². The van der Waals surface area contributed by atoms with Crippen LogP contribution in [0.15, 0.2) is 66.0 Å². The molecule has 0 atom stereocenters. The fourth-order valence-electron chi connectivity index (χ4n) is 2.59. The van der Waals surface area contributed by atoms with Crippen molar-refractivity contribution in [1.82, 2.24) is 5.32 Å². The summed E-state index contributed by atoms with van der Waals surface area (Å²) in [5.41, 5.74) is 3.52. The highest BCUT2D eigenvalue weighted by atomic mass is 32.2. The van der Waals surface area contributed by atoms with Gasteiger partial charge in [-0.25, -0.2) is 0 Å². The Morgan fingerprint density at radius 3 is 2.50 bits per heavy atom. The first-order chi connectivity index (χ1) is 13.6. The number of hydrogen-bond acceptors (Lipinski definition) is 4. The first-order valence-corrected chi connectivity index (χ1v) is 11.0. The highest BCUT2D eigenvalue weighted by Crippen LogP contribution is 2.18. The topological polar surface area (TPSA) is 58.2 Å². The summed E-state index contributed by atoms with van der Waals surface area (Å²) in [6, 6.07) is 19.1. The van der Waals surface area contributed by atoms with Crippen LogP contribution in [0.1, 0.15) is 31.2 Å². The Labute approximate surface area is 173 Å². The number of aryl methyl sites for hydroxylation is 1. The van der Waals surface area contributed by atoms with E-state index in [1.54, 1.807) is 42.1 Å². The van der Waals surface area contributed by atoms with E-state index < -0.39 is 0 Å². The summed E-state index contributed by atoms with van der Waals surface area (Å²) in [4.78, 5) is 25.4. The van der Waals surface area contributed by atoms with Crippen molar-refractivity contribution in [3.8, 4) is 0 Å². The van der Waals surface area contributed by atoms with Crippen molar-refractivity contribution in [2.75, 3.05) is 17.6 Å². The molecule has 0 saturated heterocycles. The summed E-state index contributed by atoms with van der Waals surface area (Å²) < 4.78 is 0. The van der Waals surface area contributed by atoms with E-state index >= 15 is 0 Å². The number of para-hydroxylation sites is 1. The highest BCUT2D eigenvalue weighted by molar-refractivity contribution is 7.98. The third-order valence-corrected chi connectivity index (χ3v) is 5.99. The van der Waals surface area contributed by atoms with Gasteiger partial charge in [-0.05, 0) is 36.1 Å². The summed E-state index contributed by atoms with van der Waals surface area (Å²) in [7, 11) is 0. The van der Waals surface area contributed by atoms with Gasteiger partial charge < -0.3 is 10.6 Å². The van der Waals surface area contributed by atoms with Crippen LogP contribution in [0.5, 0.6) is 0 Å². The lowest BCUT2D eigenvalue weighted by Crippen LogP contribution is -2.27. The minimum absolute atomic E-state index is 0.182. The van der Waals surface area contributed by atoms with Gasteiger partial charge in [0.2, 0.25) is 0 Å². The Balaban J connectivity index is 1.49. The molecule has 6 heteroatoms. The molecule has 0 bridgehead atoms. The monoisotopic (exact) mass is 410 g/mol. The Hall–Kier alpha value is -2.57. The summed E-state index contributed by atoms with van der Waals surface area (Å²) in [5.74, 6) is 1.36. The first kappa shape index (κ1) is 20.2. The quantitative estimate of drug-likeness (QED) is 0.515. The van der Waals surface area contributed by atoms with Crippen LogP contribution in [-0.2, 0) is 5.75 Å². The molecule has 1 aromatic heterocycles. The SMILES string of the molecule is Cc1ccc(CSCCNC(=O)c2ccccc2NC(=O)c2cccs2)cc1. The Morgan fingerprint density at radius 1 is 0.964 bits per heavy atom. The van der Waals surface area contributed by atoms with Crippen LogP contribution in [0.4, 0.5) is 5.69 Å². The van der Waals surface area contributed by atoms with Crippen LogP contribution >= 0.6 is 23.1 Å². The largest absolute Gasteiger partial charge is 0.351 e. The minimum atomic E-state index is -0.205. The molecule has 3 aromatic rings. The van der Waals surface area contributed by atoms with Crippen LogP contribution in [0.3, 0.4) is 0 Å². The second-order valence-electron chi connectivity index (χ2n) is 6.27. The number of anilines is 1. The number of carbonyl (C=O) groups is 2. The van der Waals surface area contributed by atoms with Gasteiger partial charge in [-0.2, -0.15) is 11.8 Å². The predicted molar refractivity (Wildman–Crippen MR) is 118 cm³/mol. The molecule has 0 aliphatic heterocycles. The fourth-order valence-corrected chi connectivity index (χ4v) is 4.03. The molecular weight excluding hydrogens is 388 g/mol. The van der Waals surface area contributed by atoms with Gasteiger partial charge in [0.05, 0.1) is 16.1 Å². The molecule has 0 saturated carbocycles. The number of thioether (sulfide) groups is 1. The fraction of sp³-hybridized carbons (Fsp3) is 0.182. The van der Waals surface area contributed by atoms with E-state index in [9.17, 15) is 9.59 Å². The molecular formula is C22H22N2O2S2. The zero-order chi connectivity index (χ0) is 19.8. The minimum Gasteiger partial charge on any atom is -0.351 e. The van der Waals surface area contributed by atoms with Gasteiger partial charge in [-0.3, -0.25) is 9.59 Å². The third-order valence-electron chi connectivity index (χ3n) is 4.09. The molecule has 0 fully saturated rings. The third kappa shape index (κ3) is 5.71. The lowest BCUT2D eigenvalue weighted by Gasteiger charge is -2.11. The molecule has 144 valence electrons. The number of hydrogen-bond donors (Lipinski definition) is 2. The molecule has 2 amide bonds. The number of thiophene rings is 1. The van der Waals surface area contributed by atoms with E-state index in [-0.39, 0.29) is 11.8 Å². The molecule has 0 aliphatic carbocycles. The maximum atomic E-state index is 12.5. The highest BCUT2D eigenvalue weighted by Gasteiger charge is 2.14. The Kier molecular flexibility index (Phi) is 7.28. The Morgan fingerprint density at radius 2 is 1.75 bits per heavy atom. The average Bonchev–Trinajstić information content (AvgIpc) is 3.24. The average molecular weight is 411 g/mol. The zero-order valence-corrected chi connectivity index (χ0v) is 17.2. The molecule has 4 nitrogen and oxygen atoms in total. The summed E-state index contributed by atoms with van der Waals surface area (Å²) in [6.07, 6.45) is 0. The number of benzene rings is 2. The number of nitrogens with one attached hydrogen (secondary N) is 2. The molecule has 3 rings (SSSR count). The van der Waals surface area contributed by atoms with E-state index in [1.807, 2.05) is 11.4 Å². The molecule has 0 aliphatic rings. The summed E-state index contributed by atoms with van der Waals surface area (Å²) in [6.45, 7) is 2.65. The van der Waals surface area contributed by atoms with Gasteiger partial charge in [0.1, 0.15) is 0 Å². The molecule has 0 spiro atoms. The number of amides is 2. The van der Waals surface area contributed by atoms with Gasteiger partial charge in [0.15, 0.2) is 0 Å². The molecule has 2 aromatic carbocycles. The van der Waals surface area contributed by atoms with Gasteiger partial charge >= 0.3 is 0 Å². The van der Waals surface area contributed by atoms with Crippen molar-refractivity contribution < 1.29 is 9.59 Å². The lowest BCUT2D eigenvalue weighted by molar-refractivity contribution is 0.0957. The molecule has 1 heterocycles. The van der Waals surface area contributed by atoms with Gasteiger partial charge in [0.25, 0.3) is 11.8 Å². The van der Waals surface area contributed by atoms with Crippen LogP contribution in [0, 0.1) is 6.92 Å². The number of carbonyl (C=O) groups excluding carboxylic acids is 2. The molecule has 0 unspecified atom stereocenters. The van der Waals surface area contributed by atoms with E-state index in [0.29, 0.717) is 22.7 Å². The molecule has 0 radical (unpaired) electrons. The maximum absolute atomic E-state index is 12.5. The van der Waals surface area contributed by atoms with E-state index in [4.69, 9.17) is 0 Å². The predicted octanol–water partition coefficient (Wildman–Crippen LogP) is 4.97. The van der Waals surface area contributed by atoms with E-state index in [2.05, 4.69) is 41.8 Å². The Bertz CT molecular complexity index is 922. The van der Waals surface area contributed by atoms with Crippen molar-refractivity contribution in [2.45, 2.75) is 12.7 Å². The van der Waals surface area contributed by atoms with Crippen molar-refractivity contribution >= 4 is 40.6 Å². The zero-order valence-electron chi connectivity index (χ0n) is 15.6. The second-order valence-corrected chi connectivity index (χ2v) is 8.32. The molecule has 2 N–H and O–H groups in total. The summed E-state index contributed by atoms with van der Waals surface area (Å²) in [5, 5.41) is 7.61. The normalized spacial score (nSPS) is 10.5. The smallest absolute Gasteiger partial charge is 0.265 e. The number of rotatable bonds is 8. The summed E-state index contributed by atoms with van der Waals surface area (Å²) >= 11 is 3.15. The van der Waals surface area contributed by atoms with Crippen molar-refractivity contribution in [1.29, 1.82) is 0 Å². The second kappa shape index (κ2) is 10.1.